The standard InChI is InChI=1S/C15H9F4NO/c1-9-2-3-14(16)13(4-9)11-5-10(8-20)6-12(7-11)21-15(17,18)19/h2-7H,1H3. The lowest BCUT2D eigenvalue weighted by Gasteiger charge is -2.11. The molecule has 0 amide bonds. The van der Waals surface area contributed by atoms with Crippen molar-refractivity contribution in [1.82, 2.24) is 0 Å². The lowest BCUT2D eigenvalue weighted by molar-refractivity contribution is -0.274. The van der Waals surface area contributed by atoms with Crippen molar-refractivity contribution in [3.8, 4) is 22.9 Å². The van der Waals surface area contributed by atoms with Crippen molar-refractivity contribution in [3.63, 3.8) is 0 Å². The van der Waals surface area contributed by atoms with E-state index in [1.165, 1.54) is 18.2 Å². The van der Waals surface area contributed by atoms with Crippen molar-refractivity contribution in [2.45, 2.75) is 13.3 Å². The Morgan fingerprint density at radius 3 is 2.43 bits per heavy atom. The molecule has 0 aliphatic carbocycles. The van der Waals surface area contributed by atoms with Gasteiger partial charge in [0, 0.05) is 5.56 Å². The molecule has 2 nitrogen and oxygen atoms in total. The second kappa shape index (κ2) is 5.44. The van der Waals surface area contributed by atoms with Gasteiger partial charge in [0.15, 0.2) is 0 Å². The third kappa shape index (κ3) is 3.72. The highest BCUT2D eigenvalue weighted by Crippen LogP contribution is 2.31. The summed E-state index contributed by atoms with van der Waals surface area (Å²) in [5.74, 6) is -1.15. The van der Waals surface area contributed by atoms with Gasteiger partial charge < -0.3 is 4.74 Å². The zero-order valence-corrected chi connectivity index (χ0v) is 10.8. The highest BCUT2D eigenvalue weighted by atomic mass is 19.4. The van der Waals surface area contributed by atoms with E-state index in [1.54, 1.807) is 19.1 Å². The van der Waals surface area contributed by atoms with E-state index in [1.807, 2.05) is 0 Å². The van der Waals surface area contributed by atoms with Gasteiger partial charge in [-0.25, -0.2) is 4.39 Å². The molecule has 2 aromatic carbocycles. The van der Waals surface area contributed by atoms with Crippen molar-refractivity contribution >= 4 is 0 Å². The van der Waals surface area contributed by atoms with Gasteiger partial charge in [-0.15, -0.1) is 13.2 Å². The Bertz CT molecular complexity index is 717. The predicted molar refractivity (Wildman–Crippen MR) is 68.0 cm³/mol. The summed E-state index contributed by atoms with van der Waals surface area (Å²) < 4.78 is 54.4. The van der Waals surface area contributed by atoms with Crippen LogP contribution in [0, 0.1) is 24.1 Å². The molecule has 0 atom stereocenters. The van der Waals surface area contributed by atoms with Gasteiger partial charge >= 0.3 is 6.36 Å². The summed E-state index contributed by atoms with van der Waals surface area (Å²) in [6.07, 6.45) is -4.88. The van der Waals surface area contributed by atoms with E-state index in [0.29, 0.717) is 0 Å². The van der Waals surface area contributed by atoms with E-state index in [2.05, 4.69) is 4.74 Å². The molecule has 0 saturated heterocycles. The van der Waals surface area contributed by atoms with E-state index in [9.17, 15) is 17.6 Å². The quantitative estimate of drug-likeness (QED) is 0.760. The molecule has 0 N–H and O–H groups in total. The zero-order valence-electron chi connectivity index (χ0n) is 10.8. The molecule has 0 radical (unpaired) electrons. The SMILES string of the molecule is Cc1ccc(F)c(-c2cc(C#N)cc(OC(F)(F)F)c2)c1. The number of aryl methyl sites for hydroxylation is 1. The van der Waals surface area contributed by atoms with Crippen LogP contribution in [-0.2, 0) is 0 Å². The number of halogens is 4. The maximum Gasteiger partial charge on any atom is 0.573 e. The van der Waals surface area contributed by atoms with Crippen LogP contribution in [0.2, 0.25) is 0 Å². The fraction of sp³-hybridized carbons (Fsp3) is 0.133. The van der Waals surface area contributed by atoms with E-state index < -0.39 is 17.9 Å². The number of nitriles is 1. The largest absolute Gasteiger partial charge is 0.573 e. The van der Waals surface area contributed by atoms with Gasteiger partial charge in [0.25, 0.3) is 0 Å². The summed E-state index contributed by atoms with van der Waals surface area (Å²) in [5, 5.41) is 8.88. The van der Waals surface area contributed by atoms with Crippen molar-refractivity contribution in [3.05, 3.63) is 53.3 Å². The number of benzene rings is 2. The van der Waals surface area contributed by atoms with Crippen LogP contribution in [0.4, 0.5) is 17.6 Å². The Balaban J connectivity index is 2.56. The molecule has 0 aliphatic heterocycles. The number of nitrogens with zero attached hydrogens (tertiary/aromatic N) is 1. The number of alkyl halides is 3. The first kappa shape index (κ1) is 14.9. The topological polar surface area (TPSA) is 33.0 Å². The molecule has 0 fully saturated rings. The second-order valence-corrected chi connectivity index (χ2v) is 4.39. The van der Waals surface area contributed by atoms with Crippen LogP contribution in [0.5, 0.6) is 5.75 Å². The number of hydrogen-bond donors (Lipinski definition) is 0. The molecule has 0 heterocycles. The van der Waals surface area contributed by atoms with Gasteiger partial charge in [-0.1, -0.05) is 11.6 Å². The summed E-state index contributed by atoms with van der Waals surface area (Å²) >= 11 is 0. The molecule has 108 valence electrons. The van der Waals surface area contributed by atoms with Crippen molar-refractivity contribution in [2.75, 3.05) is 0 Å². The Labute approximate surface area is 118 Å². The van der Waals surface area contributed by atoms with Crippen LogP contribution in [0.1, 0.15) is 11.1 Å². The molecular weight excluding hydrogens is 286 g/mol. The lowest BCUT2D eigenvalue weighted by atomic mass is 10.0. The van der Waals surface area contributed by atoms with Crippen molar-refractivity contribution in [1.29, 1.82) is 5.26 Å². The minimum absolute atomic E-state index is 0.0485. The molecule has 0 saturated carbocycles. The average molecular weight is 295 g/mol. The molecule has 0 aromatic heterocycles. The van der Waals surface area contributed by atoms with E-state index in [4.69, 9.17) is 5.26 Å². The van der Waals surface area contributed by atoms with Crippen LogP contribution in [-0.4, -0.2) is 6.36 Å². The molecule has 0 spiro atoms. The third-order valence-corrected chi connectivity index (χ3v) is 2.70. The summed E-state index contributed by atoms with van der Waals surface area (Å²) in [7, 11) is 0. The van der Waals surface area contributed by atoms with Gasteiger partial charge in [-0.3, -0.25) is 0 Å². The molecule has 2 rings (SSSR count). The zero-order chi connectivity index (χ0) is 15.6. The summed E-state index contributed by atoms with van der Waals surface area (Å²) in [6, 6.07) is 9.28. The Kier molecular flexibility index (Phi) is 3.85. The summed E-state index contributed by atoms with van der Waals surface area (Å²) in [4.78, 5) is 0. The lowest BCUT2D eigenvalue weighted by Crippen LogP contribution is -2.17. The van der Waals surface area contributed by atoms with Gasteiger partial charge in [0.05, 0.1) is 11.6 Å². The van der Waals surface area contributed by atoms with Crippen LogP contribution in [0.25, 0.3) is 11.1 Å². The average Bonchev–Trinajstić information content (AvgIpc) is 2.39. The van der Waals surface area contributed by atoms with Crippen LogP contribution < -0.4 is 4.74 Å². The molecule has 0 aliphatic rings. The molecule has 0 bridgehead atoms. The first-order valence-electron chi connectivity index (χ1n) is 5.86. The first-order valence-corrected chi connectivity index (χ1v) is 5.86. The molecule has 0 unspecified atom stereocenters. The number of hydrogen-bond acceptors (Lipinski definition) is 2. The minimum atomic E-state index is -4.88. The predicted octanol–water partition coefficient (Wildman–Crippen LogP) is 4.57. The maximum absolute atomic E-state index is 13.8. The maximum atomic E-state index is 13.8. The highest BCUT2D eigenvalue weighted by molar-refractivity contribution is 5.68. The van der Waals surface area contributed by atoms with Crippen molar-refractivity contribution < 1.29 is 22.3 Å². The third-order valence-electron chi connectivity index (χ3n) is 2.70. The fourth-order valence-electron chi connectivity index (χ4n) is 1.87. The molecule has 2 aromatic rings. The van der Waals surface area contributed by atoms with Gasteiger partial charge in [-0.2, -0.15) is 5.26 Å². The van der Waals surface area contributed by atoms with E-state index in [0.717, 1.165) is 17.7 Å². The van der Waals surface area contributed by atoms with Crippen molar-refractivity contribution in [2.24, 2.45) is 0 Å². The highest BCUT2D eigenvalue weighted by Gasteiger charge is 2.31. The monoisotopic (exact) mass is 295 g/mol. The van der Waals surface area contributed by atoms with Gasteiger partial charge in [0.2, 0.25) is 0 Å². The minimum Gasteiger partial charge on any atom is -0.406 e. The molecular formula is C15H9F4NO. The van der Waals surface area contributed by atoms with E-state index >= 15 is 0 Å². The van der Waals surface area contributed by atoms with Gasteiger partial charge in [0.1, 0.15) is 11.6 Å². The molecule has 21 heavy (non-hydrogen) atoms. The summed E-state index contributed by atoms with van der Waals surface area (Å²) in [6.45, 7) is 1.73. The first-order chi connectivity index (χ1) is 9.78. The van der Waals surface area contributed by atoms with Crippen LogP contribution in [0.3, 0.4) is 0 Å². The van der Waals surface area contributed by atoms with Crippen LogP contribution >= 0.6 is 0 Å². The second-order valence-electron chi connectivity index (χ2n) is 4.39. The number of rotatable bonds is 2. The van der Waals surface area contributed by atoms with Crippen LogP contribution in [0.15, 0.2) is 36.4 Å². The summed E-state index contributed by atoms with van der Waals surface area (Å²) in [5.41, 5.74) is 0.952. The smallest absolute Gasteiger partial charge is 0.406 e. The Hall–Kier alpha value is -2.55. The fourth-order valence-corrected chi connectivity index (χ4v) is 1.87. The normalized spacial score (nSPS) is 11.0. The Morgan fingerprint density at radius 2 is 1.81 bits per heavy atom. The Morgan fingerprint density at radius 1 is 1.10 bits per heavy atom. The number of ether oxygens (including phenoxy) is 1. The molecule has 6 heteroatoms. The van der Waals surface area contributed by atoms with E-state index in [-0.39, 0.29) is 16.7 Å². The van der Waals surface area contributed by atoms with Gasteiger partial charge in [-0.05, 0) is 42.8 Å².